The minimum absolute atomic E-state index is 0.0203. The molecule has 3 unspecified atom stereocenters. The lowest BCUT2D eigenvalue weighted by atomic mass is 9.93. The Morgan fingerprint density at radius 3 is 2.61 bits per heavy atom. The molecule has 0 bridgehead atoms. The molecular formula is C21H36N4O3. The normalized spacial score (nSPS) is 33.4. The van der Waals surface area contributed by atoms with E-state index in [9.17, 15) is 9.59 Å². The Bertz CT molecular complexity index is 560. The van der Waals surface area contributed by atoms with Gasteiger partial charge in [-0.1, -0.05) is 19.3 Å². The van der Waals surface area contributed by atoms with E-state index in [1.54, 1.807) is 0 Å². The van der Waals surface area contributed by atoms with E-state index < -0.39 is 0 Å². The molecule has 2 amide bonds. The zero-order valence-electron chi connectivity index (χ0n) is 17.3. The van der Waals surface area contributed by atoms with Crippen LogP contribution in [-0.4, -0.2) is 97.1 Å². The molecule has 0 aromatic rings. The highest BCUT2D eigenvalue weighted by Crippen LogP contribution is 2.33. The molecule has 3 heterocycles. The fourth-order valence-corrected chi connectivity index (χ4v) is 5.68. The summed E-state index contributed by atoms with van der Waals surface area (Å²) in [7, 11) is 2.16. The molecular weight excluding hydrogens is 356 g/mol. The van der Waals surface area contributed by atoms with Gasteiger partial charge in [0.1, 0.15) is 6.04 Å². The van der Waals surface area contributed by atoms with E-state index in [4.69, 9.17) is 4.74 Å². The monoisotopic (exact) mass is 392 g/mol. The van der Waals surface area contributed by atoms with Crippen LogP contribution < -0.4 is 5.32 Å². The van der Waals surface area contributed by atoms with Crippen molar-refractivity contribution in [2.24, 2.45) is 0 Å². The third kappa shape index (κ3) is 4.21. The number of carbonyl (C=O) groups excluding carboxylic acids is 2. The van der Waals surface area contributed by atoms with E-state index in [0.717, 1.165) is 19.4 Å². The van der Waals surface area contributed by atoms with Gasteiger partial charge in [-0.2, -0.15) is 0 Å². The van der Waals surface area contributed by atoms with Crippen molar-refractivity contribution in [3.63, 3.8) is 0 Å². The summed E-state index contributed by atoms with van der Waals surface area (Å²) in [6.07, 6.45) is 8.80. The summed E-state index contributed by atoms with van der Waals surface area (Å²) < 4.78 is 5.34. The number of ether oxygens (including phenoxy) is 1. The number of likely N-dealkylation sites (tertiary alicyclic amines) is 1. The van der Waals surface area contributed by atoms with Crippen LogP contribution in [0.5, 0.6) is 0 Å². The van der Waals surface area contributed by atoms with Gasteiger partial charge in [-0.15, -0.1) is 0 Å². The van der Waals surface area contributed by atoms with E-state index in [2.05, 4.69) is 22.2 Å². The highest BCUT2D eigenvalue weighted by atomic mass is 16.5. The molecule has 3 saturated heterocycles. The van der Waals surface area contributed by atoms with Gasteiger partial charge in [0.05, 0.1) is 13.2 Å². The van der Waals surface area contributed by atoms with Crippen LogP contribution >= 0.6 is 0 Å². The fraction of sp³-hybridized carbons (Fsp3) is 0.905. The number of rotatable bonds is 4. The number of fused-ring (bicyclic) bond motifs is 1. The molecule has 158 valence electrons. The Morgan fingerprint density at radius 2 is 1.86 bits per heavy atom. The number of amides is 2. The van der Waals surface area contributed by atoms with E-state index in [1.165, 1.54) is 32.1 Å². The van der Waals surface area contributed by atoms with Gasteiger partial charge in [0, 0.05) is 50.7 Å². The zero-order chi connectivity index (χ0) is 19.5. The maximum Gasteiger partial charge on any atom is 0.239 e. The average Bonchev–Trinajstić information content (AvgIpc) is 3.15. The number of hydrogen-bond donors (Lipinski definition) is 1. The molecule has 7 heteroatoms. The van der Waals surface area contributed by atoms with E-state index in [-0.39, 0.29) is 29.9 Å². The summed E-state index contributed by atoms with van der Waals surface area (Å²) in [6.45, 7) is 4.38. The Balaban J connectivity index is 1.37. The van der Waals surface area contributed by atoms with Crippen molar-refractivity contribution in [2.75, 3.05) is 46.4 Å². The Kier molecular flexibility index (Phi) is 6.53. The van der Waals surface area contributed by atoms with Gasteiger partial charge in [0.2, 0.25) is 11.8 Å². The maximum absolute atomic E-state index is 13.0. The lowest BCUT2D eigenvalue weighted by Gasteiger charge is -2.37. The Morgan fingerprint density at radius 1 is 1.11 bits per heavy atom. The second-order valence-electron chi connectivity index (χ2n) is 8.93. The minimum Gasteiger partial charge on any atom is -0.378 e. The lowest BCUT2D eigenvalue weighted by molar-refractivity contribution is -0.135. The molecule has 1 aliphatic carbocycles. The molecule has 3 atom stereocenters. The summed E-state index contributed by atoms with van der Waals surface area (Å²) in [5, 5.41) is 3.20. The van der Waals surface area contributed by atoms with Crippen LogP contribution in [0.3, 0.4) is 0 Å². The predicted octanol–water partition coefficient (Wildman–Crippen LogP) is 0.831. The van der Waals surface area contributed by atoms with Crippen molar-refractivity contribution in [1.29, 1.82) is 0 Å². The lowest BCUT2D eigenvalue weighted by Crippen LogP contribution is -2.53. The molecule has 1 saturated carbocycles. The van der Waals surface area contributed by atoms with E-state index >= 15 is 0 Å². The molecule has 0 aromatic carbocycles. The van der Waals surface area contributed by atoms with E-state index in [1.807, 2.05) is 4.90 Å². The highest BCUT2D eigenvalue weighted by molar-refractivity contribution is 5.83. The first-order valence-corrected chi connectivity index (χ1v) is 11.3. The molecule has 3 aliphatic heterocycles. The largest absolute Gasteiger partial charge is 0.378 e. The van der Waals surface area contributed by atoms with Crippen LogP contribution in [-0.2, 0) is 14.3 Å². The zero-order valence-corrected chi connectivity index (χ0v) is 17.3. The number of likely N-dealkylation sites (N-methyl/N-ethyl adjacent to an activating group) is 1. The fourth-order valence-electron chi connectivity index (χ4n) is 5.68. The van der Waals surface area contributed by atoms with Crippen molar-refractivity contribution < 1.29 is 14.3 Å². The first kappa shape index (κ1) is 20.1. The van der Waals surface area contributed by atoms with Gasteiger partial charge in [-0.05, 0) is 32.7 Å². The van der Waals surface area contributed by atoms with E-state index in [0.29, 0.717) is 45.3 Å². The molecule has 0 radical (unpaired) electrons. The van der Waals surface area contributed by atoms with Crippen molar-refractivity contribution in [3.05, 3.63) is 0 Å². The summed E-state index contributed by atoms with van der Waals surface area (Å²) >= 11 is 0. The number of carbonyl (C=O) groups is 2. The Hall–Kier alpha value is -1.18. The third-order valence-electron chi connectivity index (χ3n) is 7.38. The quantitative estimate of drug-likeness (QED) is 0.768. The molecule has 28 heavy (non-hydrogen) atoms. The summed E-state index contributed by atoms with van der Waals surface area (Å²) in [6, 6.07) is 1.05. The van der Waals surface area contributed by atoms with Crippen LogP contribution in [0.1, 0.15) is 51.4 Å². The molecule has 0 spiro atoms. The standard InChI is InChI=1S/C21H36N4O3/c1-23-17(7-8-19(26)24-11-13-28-14-12-24)15-22-21(27)20-18(23)9-10-25(20)16-5-3-2-4-6-16/h16-18,20H,2-15H2,1H3,(H,22,27). The number of nitrogens with one attached hydrogen (secondary N) is 1. The molecule has 1 N–H and O–H groups in total. The predicted molar refractivity (Wildman–Crippen MR) is 107 cm³/mol. The number of morpholine rings is 1. The molecule has 4 fully saturated rings. The van der Waals surface area contributed by atoms with Crippen LogP contribution in [0.25, 0.3) is 0 Å². The second kappa shape index (κ2) is 9.09. The van der Waals surface area contributed by atoms with Crippen LogP contribution in [0, 0.1) is 0 Å². The molecule has 7 nitrogen and oxygen atoms in total. The van der Waals surface area contributed by atoms with Crippen molar-refractivity contribution in [3.8, 4) is 0 Å². The van der Waals surface area contributed by atoms with Gasteiger partial charge in [-0.3, -0.25) is 19.4 Å². The smallest absolute Gasteiger partial charge is 0.239 e. The first-order chi connectivity index (χ1) is 13.6. The SMILES string of the molecule is CN1C(CCC(=O)N2CCOCC2)CNC(=O)C2C1CCN2C1CCCCC1. The average molecular weight is 393 g/mol. The highest BCUT2D eigenvalue weighted by Gasteiger charge is 2.47. The topological polar surface area (TPSA) is 65.1 Å². The van der Waals surface area contributed by atoms with Crippen molar-refractivity contribution >= 4 is 11.8 Å². The van der Waals surface area contributed by atoms with Crippen molar-refractivity contribution in [1.82, 2.24) is 20.0 Å². The van der Waals surface area contributed by atoms with Gasteiger partial charge in [0.15, 0.2) is 0 Å². The summed E-state index contributed by atoms with van der Waals surface area (Å²) in [5.74, 6) is 0.418. The minimum atomic E-state index is -0.0203. The van der Waals surface area contributed by atoms with Crippen LogP contribution in [0.2, 0.25) is 0 Å². The molecule has 4 aliphatic rings. The van der Waals surface area contributed by atoms with Gasteiger partial charge in [-0.25, -0.2) is 0 Å². The van der Waals surface area contributed by atoms with Gasteiger partial charge < -0.3 is 15.0 Å². The molecule has 4 rings (SSSR count). The third-order valence-corrected chi connectivity index (χ3v) is 7.38. The molecule has 0 aromatic heterocycles. The van der Waals surface area contributed by atoms with Crippen LogP contribution in [0.15, 0.2) is 0 Å². The first-order valence-electron chi connectivity index (χ1n) is 11.3. The van der Waals surface area contributed by atoms with Gasteiger partial charge in [0.25, 0.3) is 0 Å². The Labute approximate surface area is 168 Å². The summed E-state index contributed by atoms with van der Waals surface area (Å²) in [4.78, 5) is 32.3. The number of hydrogen-bond acceptors (Lipinski definition) is 5. The second-order valence-corrected chi connectivity index (χ2v) is 8.93. The maximum atomic E-state index is 13.0. The number of nitrogens with zero attached hydrogens (tertiary/aromatic N) is 3. The summed E-state index contributed by atoms with van der Waals surface area (Å²) in [5.41, 5.74) is 0. The van der Waals surface area contributed by atoms with Crippen molar-refractivity contribution in [2.45, 2.75) is 75.5 Å². The van der Waals surface area contributed by atoms with Crippen LogP contribution in [0.4, 0.5) is 0 Å². The van der Waals surface area contributed by atoms with Gasteiger partial charge >= 0.3 is 0 Å².